The van der Waals surface area contributed by atoms with E-state index in [1.54, 1.807) is 0 Å². The van der Waals surface area contributed by atoms with E-state index in [0.29, 0.717) is 0 Å². The van der Waals surface area contributed by atoms with Crippen molar-refractivity contribution >= 4 is 17.3 Å². The average Bonchev–Trinajstić information content (AvgIpc) is 2.53. The molecule has 0 saturated heterocycles. The molecule has 3 heteroatoms. The number of nitrogens with zero attached hydrogens (tertiary/aromatic N) is 1. The average molecular weight is 196 g/mol. The monoisotopic (exact) mass is 195 g/mol. The molecule has 1 heterocycles. The van der Waals surface area contributed by atoms with Crippen LogP contribution in [0, 0.1) is 0 Å². The fraction of sp³-hybridized carbons (Fsp3) is 0.300. The van der Waals surface area contributed by atoms with Crippen LogP contribution >= 0.6 is 11.6 Å². The van der Waals surface area contributed by atoms with Gasteiger partial charge in [-0.1, -0.05) is 35.0 Å². The highest BCUT2D eigenvalue weighted by atomic mass is 35.5. The van der Waals surface area contributed by atoms with Gasteiger partial charge in [0, 0.05) is 17.0 Å². The Labute approximate surface area is 82.2 Å². The lowest BCUT2D eigenvalue weighted by atomic mass is 10.1. The molecular weight excluding hydrogens is 186 g/mol. The molecule has 2 rings (SSSR count). The maximum absolute atomic E-state index is 6.02. The first-order valence-corrected chi connectivity index (χ1v) is 4.59. The molecule has 0 aliphatic carbocycles. The standard InChI is InChI=1S/C10H10ClNO/c1-7-6-10(13-12-7)8-4-2-3-5-9(8)11/h2-5,10H,6H2,1H3. The van der Waals surface area contributed by atoms with Crippen LogP contribution in [0.4, 0.5) is 0 Å². The summed E-state index contributed by atoms with van der Waals surface area (Å²) < 4.78 is 0. The lowest BCUT2D eigenvalue weighted by molar-refractivity contribution is 0.0858. The van der Waals surface area contributed by atoms with Gasteiger partial charge in [0.2, 0.25) is 0 Å². The molecule has 1 unspecified atom stereocenters. The van der Waals surface area contributed by atoms with Crippen molar-refractivity contribution in [1.29, 1.82) is 0 Å². The van der Waals surface area contributed by atoms with Crippen molar-refractivity contribution in [3.8, 4) is 0 Å². The zero-order valence-electron chi connectivity index (χ0n) is 7.33. The van der Waals surface area contributed by atoms with Gasteiger partial charge in [0.05, 0.1) is 5.71 Å². The fourth-order valence-corrected chi connectivity index (χ4v) is 1.66. The quantitative estimate of drug-likeness (QED) is 0.675. The maximum atomic E-state index is 6.02. The van der Waals surface area contributed by atoms with Gasteiger partial charge in [-0.05, 0) is 13.0 Å². The van der Waals surface area contributed by atoms with Gasteiger partial charge in [-0.15, -0.1) is 0 Å². The van der Waals surface area contributed by atoms with Gasteiger partial charge in [0.15, 0.2) is 6.10 Å². The summed E-state index contributed by atoms with van der Waals surface area (Å²) in [6.07, 6.45) is 0.845. The minimum absolute atomic E-state index is 0.00806. The third-order valence-corrected chi connectivity index (χ3v) is 2.41. The van der Waals surface area contributed by atoms with E-state index in [-0.39, 0.29) is 6.10 Å². The normalized spacial score (nSPS) is 21.1. The highest BCUT2D eigenvalue weighted by Gasteiger charge is 2.21. The molecule has 68 valence electrons. The second kappa shape index (κ2) is 3.38. The maximum Gasteiger partial charge on any atom is 0.159 e. The Morgan fingerprint density at radius 2 is 2.23 bits per heavy atom. The number of hydrogen-bond acceptors (Lipinski definition) is 2. The van der Waals surface area contributed by atoms with E-state index >= 15 is 0 Å². The van der Waals surface area contributed by atoms with Gasteiger partial charge < -0.3 is 4.84 Å². The molecule has 1 aromatic rings. The summed E-state index contributed by atoms with van der Waals surface area (Å²) in [5, 5.41) is 4.64. The van der Waals surface area contributed by atoms with Crippen molar-refractivity contribution in [3.63, 3.8) is 0 Å². The van der Waals surface area contributed by atoms with Crippen LogP contribution < -0.4 is 0 Å². The Morgan fingerprint density at radius 3 is 2.85 bits per heavy atom. The van der Waals surface area contributed by atoms with Crippen LogP contribution in [0.5, 0.6) is 0 Å². The summed E-state index contributed by atoms with van der Waals surface area (Å²) in [4.78, 5) is 5.24. The van der Waals surface area contributed by atoms with Crippen molar-refractivity contribution < 1.29 is 4.84 Å². The summed E-state index contributed by atoms with van der Waals surface area (Å²) in [5.74, 6) is 0. The molecule has 0 N–H and O–H groups in total. The minimum atomic E-state index is 0.00806. The van der Waals surface area contributed by atoms with Crippen LogP contribution in [-0.4, -0.2) is 5.71 Å². The largest absolute Gasteiger partial charge is 0.387 e. The smallest absolute Gasteiger partial charge is 0.159 e. The predicted octanol–water partition coefficient (Wildman–Crippen LogP) is 3.18. The van der Waals surface area contributed by atoms with Gasteiger partial charge in [0.25, 0.3) is 0 Å². The molecule has 2 nitrogen and oxygen atoms in total. The molecule has 13 heavy (non-hydrogen) atoms. The first-order valence-electron chi connectivity index (χ1n) is 4.21. The van der Waals surface area contributed by atoms with E-state index in [9.17, 15) is 0 Å². The molecule has 1 aromatic carbocycles. The van der Waals surface area contributed by atoms with Gasteiger partial charge in [0.1, 0.15) is 0 Å². The molecule has 0 amide bonds. The minimum Gasteiger partial charge on any atom is -0.387 e. The molecule has 0 bridgehead atoms. The third kappa shape index (κ3) is 1.68. The Morgan fingerprint density at radius 1 is 1.46 bits per heavy atom. The van der Waals surface area contributed by atoms with Crippen molar-refractivity contribution in [1.82, 2.24) is 0 Å². The SMILES string of the molecule is CC1=NOC(c2ccccc2Cl)C1. The molecule has 1 atom stereocenters. The summed E-state index contributed by atoms with van der Waals surface area (Å²) in [6.45, 7) is 1.96. The third-order valence-electron chi connectivity index (χ3n) is 2.07. The summed E-state index contributed by atoms with van der Waals surface area (Å²) in [5.41, 5.74) is 2.04. The summed E-state index contributed by atoms with van der Waals surface area (Å²) in [6, 6.07) is 7.71. The number of oxime groups is 1. The van der Waals surface area contributed by atoms with Crippen molar-refractivity contribution in [2.75, 3.05) is 0 Å². The predicted molar refractivity (Wildman–Crippen MR) is 53.0 cm³/mol. The van der Waals surface area contributed by atoms with Crippen LogP contribution in [0.1, 0.15) is 25.0 Å². The van der Waals surface area contributed by atoms with Crippen LogP contribution in [0.3, 0.4) is 0 Å². The lowest BCUT2D eigenvalue weighted by Gasteiger charge is -2.09. The van der Waals surface area contributed by atoms with Gasteiger partial charge in [-0.25, -0.2) is 0 Å². The van der Waals surface area contributed by atoms with Crippen LogP contribution in [0.15, 0.2) is 29.4 Å². The number of halogens is 1. The lowest BCUT2D eigenvalue weighted by Crippen LogP contribution is -1.98. The zero-order valence-corrected chi connectivity index (χ0v) is 8.08. The first kappa shape index (κ1) is 8.57. The van der Waals surface area contributed by atoms with Crippen LogP contribution in [-0.2, 0) is 4.84 Å². The Bertz CT molecular complexity index is 349. The highest BCUT2D eigenvalue weighted by molar-refractivity contribution is 6.31. The second-order valence-electron chi connectivity index (χ2n) is 3.15. The molecule has 1 aliphatic heterocycles. The molecule has 0 spiro atoms. The number of hydrogen-bond donors (Lipinski definition) is 0. The van der Waals surface area contributed by atoms with Crippen LogP contribution in [0.2, 0.25) is 5.02 Å². The Hall–Kier alpha value is -1.02. The topological polar surface area (TPSA) is 21.6 Å². The number of rotatable bonds is 1. The summed E-state index contributed by atoms with van der Waals surface area (Å²) >= 11 is 6.02. The molecular formula is C10H10ClNO. The van der Waals surface area contributed by atoms with E-state index in [4.69, 9.17) is 16.4 Å². The number of benzene rings is 1. The van der Waals surface area contributed by atoms with Crippen LogP contribution in [0.25, 0.3) is 0 Å². The molecule has 0 fully saturated rings. The van der Waals surface area contributed by atoms with E-state index in [2.05, 4.69) is 5.16 Å². The van der Waals surface area contributed by atoms with Crippen molar-refractivity contribution in [3.05, 3.63) is 34.9 Å². The molecule has 0 radical (unpaired) electrons. The zero-order chi connectivity index (χ0) is 9.26. The Kier molecular flexibility index (Phi) is 2.23. The van der Waals surface area contributed by atoms with Gasteiger partial charge >= 0.3 is 0 Å². The van der Waals surface area contributed by atoms with Gasteiger partial charge in [-0.2, -0.15) is 0 Å². The molecule has 0 aromatic heterocycles. The second-order valence-corrected chi connectivity index (χ2v) is 3.55. The van der Waals surface area contributed by atoms with E-state index in [1.165, 1.54) is 0 Å². The highest BCUT2D eigenvalue weighted by Crippen LogP contribution is 2.31. The fourth-order valence-electron chi connectivity index (χ4n) is 1.40. The van der Waals surface area contributed by atoms with Gasteiger partial charge in [-0.3, -0.25) is 0 Å². The Balaban J connectivity index is 2.23. The van der Waals surface area contributed by atoms with Crippen molar-refractivity contribution in [2.45, 2.75) is 19.4 Å². The van der Waals surface area contributed by atoms with E-state index < -0.39 is 0 Å². The van der Waals surface area contributed by atoms with E-state index in [1.807, 2.05) is 31.2 Å². The molecule has 1 aliphatic rings. The summed E-state index contributed by atoms with van der Waals surface area (Å²) in [7, 11) is 0. The van der Waals surface area contributed by atoms with E-state index in [0.717, 1.165) is 22.7 Å². The first-order chi connectivity index (χ1) is 6.27. The molecule has 0 saturated carbocycles. The van der Waals surface area contributed by atoms with Crippen molar-refractivity contribution in [2.24, 2.45) is 5.16 Å².